The van der Waals surface area contributed by atoms with Crippen LogP contribution in [0.1, 0.15) is 12.5 Å². The molecule has 1 atom stereocenters. The number of carbonyl (C=O) groups is 2. The van der Waals surface area contributed by atoms with Crippen molar-refractivity contribution >= 4 is 34.5 Å². The first-order valence-corrected chi connectivity index (χ1v) is 8.44. The number of nitrogens with one attached hydrogen (secondary N) is 1. The van der Waals surface area contributed by atoms with Crippen LogP contribution in [-0.4, -0.2) is 29.1 Å². The quantitative estimate of drug-likeness (QED) is 0.651. The van der Waals surface area contributed by atoms with E-state index in [0.29, 0.717) is 5.75 Å². The molecule has 0 fully saturated rings. The molecule has 0 bridgehead atoms. The number of halogens is 1. The van der Waals surface area contributed by atoms with Crippen LogP contribution in [0.2, 0.25) is 0 Å². The molecule has 0 aliphatic carbocycles. The molecule has 0 aliphatic heterocycles. The van der Waals surface area contributed by atoms with E-state index in [1.807, 2.05) is 42.5 Å². The first kappa shape index (κ1) is 18.3. The summed E-state index contributed by atoms with van der Waals surface area (Å²) in [5, 5.41) is 12.1. The van der Waals surface area contributed by atoms with Gasteiger partial charge in [-0.3, -0.25) is 4.79 Å². The summed E-state index contributed by atoms with van der Waals surface area (Å²) in [6, 6.07) is 16.4. The molecule has 5 nitrogen and oxygen atoms in total. The second-order valence-electron chi connectivity index (χ2n) is 5.59. The van der Waals surface area contributed by atoms with Crippen LogP contribution in [0.15, 0.2) is 54.6 Å². The van der Waals surface area contributed by atoms with Crippen LogP contribution in [0.3, 0.4) is 0 Å². The highest BCUT2D eigenvalue weighted by molar-refractivity contribution is 14.1. The number of hydrogen-bond acceptors (Lipinski definition) is 3. The number of aliphatic carboxylic acids is 1. The monoisotopic (exact) mass is 439 g/mol. The third kappa shape index (κ3) is 5.23. The molecule has 6 heteroatoms. The zero-order chi connectivity index (χ0) is 17.6. The summed E-state index contributed by atoms with van der Waals surface area (Å²) in [7, 11) is 0. The summed E-state index contributed by atoms with van der Waals surface area (Å²) < 4.78 is 6.45. The Bertz CT molecular complexity index is 703. The number of carbonyl (C=O) groups excluding carboxylic acids is 1. The molecule has 2 N–H and O–H groups in total. The van der Waals surface area contributed by atoms with Gasteiger partial charge in [0, 0.05) is 9.99 Å². The average Bonchev–Trinajstić information content (AvgIpc) is 2.55. The van der Waals surface area contributed by atoms with Gasteiger partial charge >= 0.3 is 5.97 Å². The smallest absolute Gasteiger partial charge is 0.329 e. The Morgan fingerprint density at radius 2 is 1.75 bits per heavy atom. The number of rotatable bonds is 7. The van der Waals surface area contributed by atoms with Crippen molar-refractivity contribution in [1.29, 1.82) is 0 Å². The highest BCUT2D eigenvalue weighted by Gasteiger charge is 2.35. The molecule has 0 saturated heterocycles. The minimum atomic E-state index is -1.39. The topological polar surface area (TPSA) is 75.6 Å². The highest BCUT2D eigenvalue weighted by atomic mass is 127. The molecule has 1 amide bonds. The van der Waals surface area contributed by atoms with Gasteiger partial charge in [-0.15, -0.1) is 0 Å². The third-order valence-corrected chi connectivity index (χ3v) is 4.19. The minimum Gasteiger partial charge on any atom is -0.484 e. The number of benzene rings is 2. The van der Waals surface area contributed by atoms with Crippen LogP contribution in [0, 0.1) is 3.57 Å². The molecule has 0 heterocycles. The van der Waals surface area contributed by atoms with E-state index in [0.717, 1.165) is 9.13 Å². The lowest BCUT2D eigenvalue weighted by Gasteiger charge is -2.26. The van der Waals surface area contributed by atoms with Crippen molar-refractivity contribution in [2.75, 3.05) is 6.61 Å². The van der Waals surface area contributed by atoms with Gasteiger partial charge in [0.2, 0.25) is 0 Å². The third-order valence-electron chi connectivity index (χ3n) is 3.47. The van der Waals surface area contributed by atoms with Crippen molar-refractivity contribution in [3.05, 3.63) is 63.7 Å². The first-order chi connectivity index (χ1) is 11.4. The lowest BCUT2D eigenvalue weighted by molar-refractivity contribution is -0.147. The fourth-order valence-electron chi connectivity index (χ4n) is 2.20. The molecule has 0 unspecified atom stereocenters. The van der Waals surface area contributed by atoms with Gasteiger partial charge in [0.05, 0.1) is 0 Å². The molecule has 126 valence electrons. The van der Waals surface area contributed by atoms with E-state index in [2.05, 4.69) is 27.9 Å². The summed E-state index contributed by atoms with van der Waals surface area (Å²) in [5.74, 6) is -1.01. The van der Waals surface area contributed by atoms with Gasteiger partial charge in [-0.2, -0.15) is 0 Å². The summed E-state index contributed by atoms with van der Waals surface area (Å²) >= 11 is 2.17. The number of carboxylic acid groups (broad SMARTS) is 1. The molecule has 2 aromatic carbocycles. The predicted molar refractivity (Wildman–Crippen MR) is 99.0 cm³/mol. The molecule has 0 radical (unpaired) electrons. The fourth-order valence-corrected chi connectivity index (χ4v) is 2.56. The normalized spacial score (nSPS) is 12.9. The highest BCUT2D eigenvalue weighted by Crippen LogP contribution is 2.15. The van der Waals surface area contributed by atoms with Crippen molar-refractivity contribution in [3.8, 4) is 5.75 Å². The molecule has 0 spiro atoms. The van der Waals surface area contributed by atoms with E-state index >= 15 is 0 Å². The van der Waals surface area contributed by atoms with Gasteiger partial charge in [0.1, 0.15) is 11.3 Å². The maximum atomic E-state index is 12.1. The molecule has 2 rings (SSSR count). The first-order valence-electron chi connectivity index (χ1n) is 7.36. The van der Waals surface area contributed by atoms with Gasteiger partial charge < -0.3 is 15.2 Å². The van der Waals surface area contributed by atoms with Gasteiger partial charge in [0.15, 0.2) is 6.61 Å². The fraction of sp³-hybridized carbons (Fsp3) is 0.222. The summed E-state index contributed by atoms with van der Waals surface area (Å²) in [5.41, 5.74) is -0.560. The van der Waals surface area contributed by atoms with Crippen LogP contribution in [0.4, 0.5) is 0 Å². The van der Waals surface area contributed by atoms with Gasteiger partial charge in [-0.05, 0) is 59.3 Å². The molecule has 0 aromatic heterocycles. The maximum Gasteiger partial charge on any atom is 0.329 e. The Kier molecular flexibility index (Phi) is 6.19. The van der Waals surface area contributed by atoms with Crippen molar-refractivity contribution in [1.82, 2.24) is 5.32 Å². The summed E-state index contributed by atoms with van der Waals surface area (Å²) in [6.45, 7) is 1.25. The van der Waals surface area contributed by atoms with Gasteiger partial charge in [-0.1, -0.05) is 30.3 Å². The molecule has 24 heavy (non-hydrogen) atoms. The largest absolute Gasteiger partial charge is 0.484 e. The second kappa shape index (κ2) is 8.14. The van der Waals surface area contributed by atoms with Crippen molar-refractivity contribution in [2.24, 2.45) is 0 Å². The number of carboxylic acids is 1. The summed E-state index contributed by atoms with van der Waals surface area (Å²) in [4.78, 5) is 23.7. The Morgan fingerprint density at radius 3 is 2.33 bits per heavy atom. The van der Waals surface area contributed by atoms with Crippen molar-refractivity contribution in [3.63, 3.8) is 0 Å². The zero-order valence-electron chi connectivity index (χ0n) is 13.2. The maximum absolute atomic E-state index is 12.1. The standard InChI is InChI=1S/C18H18INO4/c1-18(17(22)23,11-13-5-3-2-4-6-13)20-16(21)12-24-15-9-7-14(19)8-10-15/h2-10H,11-12H2,1H3,(H,20,21)(H,22,23)/t18-/m0/s1. The minimum absolute atomic E-state index is 0.193. The lowest BCUT2D eigenvalue weighted by atomic mass is 9.93. The van der Waals surface area contributed by atoms with Crippen LogP contribution in [0.5, 0.6) is 5.75 Å². The van der Waals surface area contributed by atoms with E-state index < -0.39 is 17.4 Å². The van der Waals surface area contributed by atoms with Crippen molar-refractivity contribution in [2.45, 2.75) is 18.9 Å². The SMILES string of the molecule is C[C@@](Cc1ccccc1)(NC(=O)COc1ccc(I)cc1)C(=O)O. The van der Waals surface area contributed by atoms with E-state index in [-0.39, 0.29) is 13.0 Å². The average molecular weight is 439 g/mol. The van der Waals surface area contributed by atoms with Crippen LogP contribution in [-0.2, 0) is 16.0 Å². The van der Waals surface area contributed by atoms with E-state index in [9.17, 15) is 14.7 Å². The van der Waals surface area contributed by atoms with E-state index in [1.54, 1.807) is 12.1 Å². The number of amides is 1. The Hall–Kier alpha value is -2.09. The van der Waals surface area contributed by atoms with E-state index in [1.165, 1.54) is 6.92 Å². The Labute approximate surface area is 154 Å². The molecular formula is C18H18INO4. The van der Waals surface area contributed by atoms with Crippen LogP contribution < -0.4 is 10.1 Å². The van der Waals surface area contributed by atoms with Crippen LogP contribution in [0.25, 0.3) is 0 Å². The summed E-state index contributed by atoms with van der Waals surface area (Å²) in [6.07, 6.45) is 0.193. The zero-order valence-corrected chi connectivity index (χ0v) is 15.3. The molecular weight excluding hydrogens is 421 g/mol. The van der Waals surface area contributed by atoms with Crippen molar-refractivity contribution < 1.29 is 19.4 Å². The van der Waals surface area contributed by atoms with Crippen LogP contribution >= 0.6 is 22.6 Å². The lowest BCUT2D eigenvalue weighted by Crippen LogP contribution is -2.55. The number of hydrogen-bond donors (Lipinski definition) is 2. The molecule has 0 saturated carbocycles. The predicted octanol–water partition coefficient (Wildman–Crippen LogP) is 2.87. The Balaban J connectivity index is 1.97. The van der Waals surface area contributed by atoms with Gasteiger partial charge in [0.25, 0.3) is 5.91 Å². The van der Waals surface area contributed by atoms with Gasteiger partial charge in [-0.25, -0.2) is 4.79 Å². The molecule has 2 aromatic rings. The number of ether oxygens (including phenoxy) is 1. The molecule has 0 aliphatic rings. The Morgan fingerprint density at radius 1 is 1.12 bits per heavy atom. The second-order valence-corrected chi connectivity index (χ2v) is 6.84. The van der Waals surface area contributed by atoms with E-state index in [4.69, 9.17) is 4.74 Å².